The molecule has 112 valence electrons. The summed E-state index contributed by atoms with van der Waals surface area (Å²) in [6, 6.07) is 7.79. The van der Waals surface area contributed by atoms with Crippen LogP contribution >= 0.6 is 0 Å². The molecule has 1 aromatic carbocycles. The number of carbonyl (C=O) groups excluding carboxylic acids is 2. The molecule has 1 aromatic rings. The monoisotopic (exact) mass is 287 g/mol. The Hall–Kier alpha value is -2.10. The van der Waals surface area contributed by atoms with Gasteiger partial charge in [-0.1, -0.05) is 31.2 Å². The van der Waals surface area contributed by atoms with Gasteiger partial charge < -0.3 is 9.64 Å². The largest absolute Gasteiger partial charge is 0.466 e. The standard InChI is InChI=1S/C17H21NO3/c1-5-12(15(19)21-4)10-11-18-14-9-7-6-8-13(14)17(2,3)16(18)20/h6-10H,5,11H2,1-4H3/b12-10-. The minimum absolute atomic E-state index is 0.0558. The molecular weight excluding hydrogens is 266 g/mol. The Balaban J connectivity index is 2.32. The summed E-state index contributed by atoms with van der Waals surface area (Å²) in [6.07, 6.45) is 2.36. The first-order valence-electron chi connectivity index (χ1n) is 7.12. The number of hydrogen-bond donors (Lipinski definition) is 0. The van der Waals surface area contributed by atoms with Gasteiger partial charge in [0.2, 0.25) is 5.91 Å². The van der Waals surface area contributed by atoms with Crippen molar-refractivity contribution in [3.05, 3.63) is 41.5 Å². The van der Waals surface area contributed by atoms with Gasteiger partial charge in [-0.15, -0.1) is 0 Å². The number of rotatable bonds is 4. The second-order valence-corrected chi connectivity index (χ2v) is 5.63. The van der Waals surface area contributed by atoms with Gasteiger partial charge in [0, 0.05) is 17.8 Å². The summed E-state index contributed by atoms with van der Waals surface area (Å²) in [6.45, 7) is 6.14. The topological polar surface area (TPSA) is 46.6 Å². The molecule has 0 saturated heterocycles. The fourth-order valence-corrected chi connectivity index (χ4v) is 2.69. The Morgan fingerprint density at radius 2 is 2.00 bits per heavy atom. The fraction of sp³-hybridized carbons (Fsp3) is 0.412. The number of ether oxygens (including phenoxy) is 1. The molecule has 0 fully saturated rings. The zero-order chi connectivity index (χ0) is 15.6. The highest BCUT2D eigenvalue weighted by Gasteiger charge is 2.43. The average molecular weight is 287 g/mol. The number of para-hydroxylation sites is 1. The smallest absolute Gasteiger partial charge is 0.333 e. The van der Waals surface area contributed by atoms with Crippen molar-refractivity contribution in [2.24, 2.45) is 0 Å². The molecule has 21 heavy (non-hydrogen) atoms. The molecule has 1 amide bonds. The minimum Gasteiger partial charge on any atom is -0.466 e. The first-order valence-corrected chi connectivity index (χ1v) is 7.12. The third-order valence-electron chi connectivity index (χ3n) is 4.00. The van der Waals surface area contributed by atoms with Crippen molar-refractivity contribution in [1.82, 2.24) is 0 Å². The van der Waals surface area contributed by atoms with E-state index >= 15 is 0 Å². The van der Waals surface area contributed by atoms with Crippen LogP contribution in [0, 0.1) is 0 Å². The number of fused-ring (bicyclic) bond motifs is 1. The summed E-state index contributed by atoms with van der Waals surface area (Å²) in [4.78, 5) is 25.9. The lowest BCUT2D eigenvalue weighted by Gasteiger charge is -2.19. The number of esters is 1. The first-order chi connectivity index (χ1) is 9.93. The number of anilines is 1. The maximum absolute atomic E-state index is 12.6. The van der Waals surface area contributed by atoms with Crippen LogP contribution in [0.15, 0.2) is 35.9 Å². The molecule has 2 rings (SSSR count). The van der Waals surface area contributed by atoms with Gasteiger partial charge in [0.25, 0.3) is 0 Å². The lowest BCUT2D eigenvalue weighted by Crippen LogP contribution is -2.36. The van der Waals surface area contributed by atoms with Crippen LogP contribution < -0.4 is 4.90 Å². The molecule has 0 spiro atoms. The number of carbonyl (C=O) groups is 2. The van der Waals surface area contributed by atoms with Crippen LogP contribution in [0.25, 0.3) is 0 Å². The molecule has 0 radical (unpaired) electrons. The van der Waals surface area contributed by atoms with Gasteiger partial charge in [-0.05, 0) is 31.9 Å². The SMILES string of the molecule is CC/C(=C/CN1C(=O)C(C)(C)c2ccccc21)C(=O)OC. The maximum Gasteiger partial charge on any atom is 0.333 e. The van der Waals surface area contributed by atoms with Crippen molar-refractivity contribution in [2.45, 2.75) is 32.6 Å². The van der Waals surface area contributed by atoms with Crippen LogP contribution in [0.4, 0.5) is 5.69 Å². The summed E-state index contributed by atoms with van der Waals surface area (Å²) in [5, 5.41) is 0. The van der Waals surface area contributed by atoms with Crippen molar-refractivity contribution in [3.8, 4) is 0 Å². The lowest BCUT2D eigenvalue weighted by molar-refractivity contribution is -0.136. The number of amides is 1. The van der Waals surface area contributed by atoms with Crippen molar-refractivity contribution < 1.29 is 14.3 Å². The van der Waals surface area contributed by atoms with Gasteiger partial charge in [-0.2, -0.15) is 0 Å². The fourth-order valence-electron chi connectivity index (χ4n) is 2.69. The van der Waals surface area contributed by atoms with E-state index in [4.69, 9.17) is 4.74 Å². The van der Waals surface area contributed by atoms with E-state index in [9.17, 15) is 9.59 Å². The van der Waals surface area contributed by atoms with Gasteiger partial charge in [-0.3, -0.25) is 4.79 Å². The number of hydrogen-bond acceptors (Lipinski definition) is 3. The van der Waals surface area contributed by atoms with Crippen molar-refractivity contribution in [1.29, 1.82) is 0 Å². The zero-order valence-electron chi connectivity index (χ0n) is 13.0. The first kappa shape index (κ1) is 15.3. The van der Waals surface area contributed by atoms with Crippen LogP contribution in [0.2, 0.25) is 0 Å². The van der Waals surface area contributed by atoms with Crippen LogP contribution in [0.1, 0.15) is 32.8 Å². The molecule has 0 saturated carbocycles. The molecule has 4 nitrogen and oxygen atoms in total. The molecule has 1 aliphatic heterocycles. The van der Waals surface area contributed by atoms with Crippen molar-refractivity contribution >= 4 is 17.6 Å². The predicted octanol–water partition coefficient (Wildman–Crippen LogP) is 2.82. The van der Waals surface area contributed by atoms with Crippen LogP contribution in [0.3, 0.4) is 0 Å². The van der Waals surface area contributed by atoms with Crippen LogP contribution in [-0.2, 0) is 19.7 Å². The quantitative estimate of drug-likeness (QED) is 0.632. The zero-order valence-corrected chi connectivity index (χ0v) is 13.0. The Morgan fingerprint density at radius 3 is 2.62 bits per heavy atom. The second kappa shape index (κ2) is 5.72. The van der Waals surface area contributed by atoms with E-state index in [2.05, 4.69) is 0 Å². The molecule has 0 N–H and O–H groups in total. The van der Waals surface area contributed by atoms with Gasteiger partial charge >= 0.3 is 5.97 Å². The second-order valence-electron chi connectivity index (χ2n) is 5.63. The van der Waals surface area contributed by atoms with E-state index in [0.717, 1.165) is 11.3 Å². The Labute approximate surface area is 125 Å². The Kier molecular flexibility index (Phi) is 4.16. The predicted molar refractivity (Wildman–Crippen MR) is 82.2 cm³/mol. The summed E-state index contributed by atoms with van der Waals surface area (Å²) in [5.74, 6) is -0.281. The molecule has 0 aliphatic carbocycles. The molecule has 0 unspecified atom stereocenters. The summed E-state index contributed by atoms with van der Waals surface area (Å²) >= 11 is 0. The van der Waals surface area contributed by atoms with E-state index in [1.165, 1.54) is 7.11 Å². The highest BCUT2D eigenvalue weighted by Crippen LogP contribution is 2.41. The summed E-state index contributed by atoms with van der Waals surface area (Å²) < 4.78 is 4.75. The van der Waals surface area contributed by atoms with Gasteiger partial charge in [0.05, 0.1) is 12.5 Å². The van der Waals surface area contributed by atoms with Gasteiger partial charge in [0.15, 0.2) is 0 Å². The van der Waals surface area contributed by atoms with Crippen molar-refractivity contribution in [2.75, 3.05) is 18.6 Å². The number of nitrogens with zero attached hydrogens (tertiary/aromatic N) is 1. The van der Waals surface area contributed by atoms with Crippen LogP contribution in [0.5, 0.6) is 0 Å². The third kappa shape index (κ3) is 2.58. The number of methoxy groups -OCH3 is 1. The lowest BCUT2D eigenvalue weighted by atomic mass is 9.86. The maximum atomic E-state index is 12.6. The average Bonchev–Trinajstić information content (AvgIpc) is 2.68. The highest BCUT2D eigenvalue weighted by molar-refractivity contribution is 6.07. The molecular formula is C17H21NO3. The summed E-state index contributed by atoms with van der Waals surface area (Å²) in [7, 11) is 1.37. The molecule has 1 heterocycles. The Bertz CT molecular complexity index is 602. The minimum atomic E-state index is -0.526. The van der Waals surface area contributed by atoms with E-state index < -0.39 is 5.41 Å². The van der Waals surface area contributed by atoms with Gasteiger partial charge in [0.1, 0.15) is 0 Å². The van der Waals surface area contributed by atoms with Crippen LogP contribution in [-0.4, -0.2) is 25.5 Å². The summed E-state index contributed by atoms with van der Waals surface area (Å²) in [5.41, 5.74) is 2.01. The van der Waals surface area contributed by atoms with E-state index in [1.807, 2.05) is 45.0 Å². The highest BCUT2D eigenvalue weighted by atomic mass is 16.5. The molecule has 0 bridgehead atoms. The van der Waals surface area contributed by atoms with E-state index in [1.54, 1.807) is 11.0 Å². The Morgan fingerprint density at radius 1 is 1.33 bits per heavy atom. The van der Waals surface area contributed by atoms with E-state index in [-0.39, 0.29) is 11.9 Å². The van der Waals surface area contributed by atoms with E-state index in [0.29, 0.717) is 18.5 Å². The molecule has 4 heteroatoms. The van der Waals surface area contributed by atoms with Gasteiger partial charge in [-0.25, -0.2) is 4.79 Å². The molecule has 1 aliphatic rings. The third-order valence-corrected chi connectivity index (χ3v) is 4.00. The molecule has 0 atom stereocenters. The van der Waals surface area contributed by atoms with Crippen molar-refractivity contribution in [3.63, 3.8) is 0 Å². The normalized spacial score (nSPS) is 16.9. The number of benzene rings is 1. The molecule has 0 aromatic heterocycles.